The Hall–Kier alpha value is -3.37. The summed E-state index contributed by atoms with van der Waals surface area (Å²) in [7, 11) is -3.54. The smallest absolute Gasteiger partial charge is 0.206 e. The maximum atomic E-state index is 13.0. The van der Waals surface area contributed by atoms with Crippen LogP contribution >= 0.6 is 0 Å². The Morgan fingerprint density at radius 3 is 1.55 bits per heavy atom. The third-order valence-electron chi connectivity index (χ3n) is 5.32. The number of hydrogen-bond acceptors (Lipinski definition) is 2. The van der Waals surface area contributed by atoms with Crippen molar-refractivity contribution in [2.75, 3.05) is 0 Å². The Labute approximate surface area is 169 Å². The number of para-hydroxylation sites is 2. The van der Waals surface area contributed by atoms with Gasteiger partial charge in [-0.2, -0.15) is 0 Å². The van der Waals surface area contributed by atoms with Crippen LogP contribution in [0.2, 0.25) is 0 Å². The third-order valence-corrected chi connectivity index (χ3v) is 7.10. The Morgan fingerprint density at radius 2 is 1.03 bits per heavy atom. The molecule has 0 saturated heterocycles. The van der Waals surface area contributed by atoms with Gasteiger partial charge in [-0.25, -0.2) is 8.42 Å². The minimum atomic E-state index is -3.54. The zero-order valence-corrected chi connectivity index (χ0v) is 16.7. The van der Waals surface area contributed by atoms with Crippen molar-refractivity contribution in [3.63, 3.8) is 0 Å². The summed E-state index contributed by atoms with van der Waals surface area (Å²) in [6, 6.07) is 30.6. The number of rotatable bonds is 3. The SMILES string of the molecule is Cc1ccc(S(=O)(=O)c2ccc(-n3c4ccccc4c4ccccc43)cc2)cc1. The van der Waals surface area contributed by atoms with Gasteiger partial charge in [0.2, 0.25) is 9.84 Å². The molecule has 0 radical (unpaired) electrons. The molecule has 0 saturated carbocycles. The first kappa shape index (κ1) is 17.7. The summed E-state index contributed by atoms with van der Waals surface area (Å²) >= 11 is 0. The first-order valence-electron chi connectivity index (χ1n) is 9.46. The molecule has 4 aromatic carbocycles. The zero-order chi connectivity index (χ0) is 20.0. The molecule has 0 spiro atoms. The summed E-state index contributed by atoms with van der Waals surface area (Å²) in [4.78, 5) is 0.610. The van der Waals surface area contributed by atoms with Crippen molar-refractivity contribution in [3.05, 3.63) is 103 Å². The van der Waals surface area contributed by atoms with E-state index in [2.05, 4.69) is 28.8 Å². The summed E-state index contributed by atoms with van der Waals surface area (Å²) in [5.74, 6) is 0. The molecular weight excluding hydrogens is 378 g/mol. The monoisotopic (exact) mass is 397 g/mol. The second kappa shape index (κ2) is 6.61. The lowest BCUT2D eigenvalue weighted by Crippen LogP contribution is -2.02. The van der Waals surface area contributed by atoms with Crippen molar-refractivity contribution in [1.82, 2.24) is 4.57 Å². The average Bonchev–Trinajstić information content (AvgIpc) is 3.09. The van der Waals surface area contributed by atoms with Gasteiger partial charge in [-0.3, -0.25) is 0 Å². The molecule has 5 rings (SSSR count). The van der Waals surface area contributed by atoms with Crippen LogP contribution < -0.4 is 0 Å². The van der Waals surface area contributed by atoms with Crippen molar-refractivity contribution >= 4 is 31.6 Å². The van der Waals surface area contributed by atoms with Crippen molar-refractivity contribution in [3.8, 4) is 5.69 Å². The van der Waals surface area contributed by atoms with Crippen LogP contribution in [0.5, 0.6) is 0 Å². The van der Waals surface area contributed by atoms with Crippen LogP contribution in [0.15, 0.2) is 107 Å². The van der Waals surface area contributed by atoms with Crippen LogP contribution in [0.25, 0.3) is 27.5 Å². The van der Waals surface area contributed by atoms with E-state index in [0.29, 0.717) is 9.79 Å². The number of hydrogen-bond donors (Lipinski definition) is 0. The van der Waals surface area contributed by atoms with Gasteiger partial charge in [0.25, 0.3) is 0 Å². The van der Waals surface area contributed by atoms with Gasteiger partial charge in [-0.15, -0.1) is 0 Å². The van der Waals surface area contributed by atoms with Gasteiger partial charge in [0.05, 0.1) is 20.8 Å². The van der Waals surface area contributed by atoms with E-state index in [4.69, 9.17) is 0 Å². The summed E-state index contributed by atoms with van der Waals surface area (Å²) in [6.07, 6.45) is 0. The standard InChI is InChI=1S/C25H19NO2S/c1-18-10-14-20(15-11-18)29(27,28)21-16-12-19(13-17-21)26-24-8-4-2-6-22(24)23-7-3-5-9-25(23)26/h2-17H,1H3. The van der Waals surface area contributed by atoms with E-state index < -0.39 is 9.84 Å². The molecule has 0 unspecified atom stereocenters. The maximum absolute atomic E-state index is 13.0. The van der Waals surface area contributed by atoms with Gasteiger partial charge in [-0.05, 0) is 55.5 Å². The molecule has 1 aromatic heterocycles. The van der Waals surface area contributed by atoms with Crippen LogP contribution in [-0.4, -0.2) is 13.0 Å². The lowest BCUT2D eigenvalue weighted by Gasteiger charge is -2.10. The second-order valence-corrected chi connectivity index (χ2v) is 9.13. The van der Waals surface area contributed by atoms with Gasteiger partial charge >= 0.3 is 0 Å². The number of aryl methyl sites for hydroxylation is 1. The van der Waals surface area contributed by atoms with Crippen LogP contribution in [0.4, 0.5) is 0 Å². The topological polar surface area (TPSA) is 39.1 Å². The summed E-state index contributed by atoms with van der Waals surface area (Å²) in [6.45, 7) is 1.94. The Balaban J connectivity index is 1.65. The van der Waals surface area contributed by atoms with E-state index in [1.807, 2.05) is 55.5 Å². The molecule has 0 aliphatic carbocycles. The highest BCUT2D eigenvalue weighted by Crippen LogP contribution is 2.32. The molecule has 0 aliphatic heterocycles. The molecular formula is C25H19NO2S. The molecule has 1 heterocycles. The van der Waals surface area contributed by atoms with Gasteiger partial charge in [0.1, 0.15) is 0 Å². The largest absolute Gasteiger partial charge is 0.309 e. The van der Waals surface area contributed by atoms with E-state index in [9.17, 15) is 8.42 Å². The summed E-state index contributed by atoms with van der Waals surface area (Å²) in [5, 5.41) is 2.36. The Morgan fingerprint density at radius 1 is 0.586 bits per heavy atom. The molecule has 0 bridgehead atoms. The highest BCUT2D eigenvalue weighted by molar-refractivity contribution is 7.91. The molecule has 3 nitrogen and oxygen atoms in total. The molecule has 142 valence electrons. The highest BCUT2D eigenvalue weighted by atomic mass is 32.2. The average molecular weight is 397 g/mol. The van der Waals surface area contributed by atoms with Crippen molar-refractivity contribution < 1.29 is 8.42 Å². The molecule has 0 amide bonds. The molecule has 4 heteroatoms. The van der Waals surface area contributed by atoms with Crippen LogP contribution in [-0.2, 0) is 9.84 Å². The molecule has 0 N–H and O–H groups in total. The molecule has 5 aromatic rings. The predicted molar refractivity (Wildman–Crippen MR) is 117 cm³/mol. The van der Waals surface area contributed by atoms with Crippen molar-refractivity contribution in [1.29, 1.82) is 0 Å². The number of benzene rings is 4. The lowest BCUT2D eigenvalue weighted by atomic mass is 10.2. The Kier molecular flexibility index (Phi) is 4.03. The van der Waals surface area contributed by atoms with Crippen LogP contribution in [0, 0.1) is 6.92 Å². The summed E-state index contributed by atoms with van der Waals surface area (Å²) < 4.78 is 28.1. The molecule has 0 atom stereocenters. The minimum Gasteiger partial charge on any atom is -0.309 e. The quantitative estimate of drug-likeness (QED) is 0.379. The fourth-order valence-corrected chi connectivity index (χ4v) is 5.09. The number of fused-ring (bicyclic) bond motifs is 3. The van der Waals surface area contributed by atoms with Gasteiger partial charge < -0.3 is 4.57 Å². The maximum Gasteiger partial charge on any atom is 0.206 e. The van der Waals surface area contributed by atoms with Gasteiger partial charge in [0.15, 0.2) is 0 Å². The normalized spacial score (nSPS) is 11.9. The Bertz CT molecular complexity index is 1390. The predicted octanol–water partition coefficient (Wildman–Crippen LogP) is 5.92. The third kappa shape index (κ3) is 2.84. The summed E-state index contributed by atoms with van der Waals surface area (Å²) in [5.41, 5.74) is 4.17. The van der Waals surface area contributed by atoms with Crippen molar-refractivity contribution in [2.24, 2.45) is 0 Å². The lowest BCUT2D eigenvalue weighted by molar-refractivity contribution is 0.596. The van der Waals surface area contributed by atoms with E-state index >= 15 is 0 Å². The fourth-order valence-electron chi connectivity index (χ4n) is 3.83. The van der Waals surface area contributed by atoms with Crippen LogP contribution in [0.3, 0.4) is 0 Å². The van der Waals surface area contributed by atoms with Crippen LogP contribution in [0.1, 0.15) is 5.56 Å². The van der Waals surface area contributed by atoms with E-state index in [1.165, 1.54) is 10.8 Å². The van der Waals surface area contributed by atoms with Gasteiger partial charge in [0, 0.05) is 16.5 Å². The first-order valence-corrected chi connectivity index (χ1v) is 10.9. The van der Waals surface area contributed by atoms with E-state index in [0.717, 1.165) is 22.3 Å². The fraction of sp³-hybridized carbons (Fsp3) is 0.0400. The van der Waals surface area contributed by atoms with E-state index in [1.54, 1.807) is 24.3 Å². The van der Waals surface area contributed by atoms with E-state index in [-0.39, 0.29) is 0 Å². The number of aromatic nitrogens is 1. The highest BCUT2D eigenvalue weighted by Gasteiger charge is 2.18. The zero-order valence-electron chi connectivity index (χ0n) is 15.9. The molecule has 0 fully saturated rings. The molecule has 0 aliphatic rings. The van der Waals surface area contributed by atoms with Crippen molar-refractivity contribution in [2.45, 2.75) is 16.7 Å². The molecule has 29 heavy (non-hydrogen) atoms. The number of nitrogens with zero attached hydrogens (tertiary/aromatic N) is 1. The number of sulfone groups is 1. The first-order chi connectivity index (χ1) is 14.1. The second-order valence-electron chi connectivity index (χ2n) is 7.18. The van der Waals surface area contributed by atoms with Gasteiger partial charge in [-0.1, -0.05) is 54.1 Å². The minimum absolute atomic E-state index is 0.297.